The number of likely N-dealkylation sites (tertiary alicyclic amines) is 1. The maximum absolute atomic E-state index is 12.9. The van der Waals surface area contributed by atoms with Crippen molar-refractivity contribution in [3.8, 4) is 0 Å². The Balaban J connectivity index is 1.39. The molecule has 1 aromatic carbocycles. The van der Waals surface area contributed by atoms with E-state index in [0.29, 0.717) is 30.7 Å². The van der Waals surface area contributed by atoms with Gasteiger partial charge in [-0.3, -0.25) is 9.59 Å². The van der Waals surface area contributed by atoms with E-state index in [1.54, 1.807) is 12.1 Å². The second-order valence-corrected chi connectivity index (χ2v) is 8.05. The van der Waals surface area contributed by atoms with Gasteiger partial charge in [0.1, 0.15) is 32.0 Å². The number of hydrogen-bond donors (Lipinski definition) is 3. The van der Waals surface area contributed by atoms with E-state index >= 15 is 0 Å². The molecule has 2 heterocycles. The van der Waals surface area contributed by atoms with Gasteiger partial charge in [0.25, 0.3) is 11.8 Å². The summed E-state index contributed by atoms with van der Waals surface area (Å²) in [5.74, 6) is -0.0774. The lowest BCUT2D eigenvalue weighted by molar-refractivity contribution is -1.00. The summed E-state index contributed by atoms with van der Waals surface area (Å²) in [6, 6.07) is 6.24. The van der Waals surface area contributed by atoms with Gasteiger partial charge < -0.3 is 20.0 Å². The second-order valence-electron chi connectivity index (χ2n) is 8.05. The predicted octanol–water partition coefficient (Wildman–Crippen LogP) is -0.661. The van der Waals surface area contributed by atoms with Crippen LogP contribution < -0.4 is 15.1 Å². The molecule has 0 unspecified atom stereocenters. The molecule has 3 rings (SSSR count). The topological polar surface area (TPSA) is 58.3 Å². The molecule has 1 aromatic rings. The van der Waals surface area contributed by atoms with Crippen LogP contribution in [-0.2, 0) is 9.59 Å². The van der Waals surface area contributed by atoms with Crippen LogP contribution in [0.5, 0.6) is 0 Å². The summed E-state index contributed by atoms with van der Waals surface area (Å²) in [5.41, 5.74) is 0.618. The first-order valence-electron chi connectivity index (χ1n) is 10.6. The highest BCUT2D eigenvalue weighted by molar-refractivity contribution is 5.91. The quantitative estimate of drug-likeness (QED) is 0.602. The van der Waals surface area contributed by atoms with Crippen molar-refractivity contribution in [3.63, 3.8) is 0 Å². The summed E-state index contributed by atoms with van der Waals surface area (Å²) in [7, 11) is 0. The Bertz CT molecular complexity index is 659. The first-order valence-corrected chi connectivity index (χ1v) is 10.6. The normalized spacial score (nSPS) is 25.4. The number of carbonyl (C=O) groups is 2. The smallest absolute Gasteiger partial charge is 0.279 e. The van der Waals surface area contributed by atoms with E-state index in [1.807, 2.05) is 0 Å². The number of halogens is 1. The molecular formula is C21H33FN4O2+2. The summed E-state index contributed by atoms with van der Waals surface area (Å²) in [4.78, 5) is 29.6. The van der Waals surface area contributed by atoms with Gasteiger partial charge in [-0.05, 0) is 49.9 Å². The SMILES string of the molecule is CC[C@H]1CCCCN1C(=O)C[NH+]1CC[NH+](CC(=O)Nc2ccc(F)cc2)CC1. The van der Waals surface area contributed by atoms with E-state index in [4.69, 9.17) is 0 Å². The molecular weight excluding hydrogens is 359 g/mol. The number of nitrogens with one attached hydrogen (secondary N) is 3. The molecule has 0 aromatic heterocycles. The van der Waals surface area contributed by atoms with Gasteiger partial charge in [0.15, 0.2) is 13.1 Å². The Morgan fingerprint density at radius 2 is 1.71 bits per heavy atom. The van der Waals surface area contributed by atoms with Crippen molar-refractivity contribution in [1.82, 2.24) is 4.90 Å². The Labute approximate surface area is 166 Å². The number of piperidine rings is 1. The standard InChI is InChI=1S/C21H31FN4O2/c1-2-19-5-3-4-10-26(19)21(28)16-25-13-11-24(12-14-25)15-20(27)23-18-8-6-17(22)7-9-18/h6-9,19H,2-5,10-16H2,1H3,(H,23,27)/p+2/t19-/m0/s1. The Hall–Kier alpha value is -1.99. The number of nitrogens with zero attached hydrogens (tertiary/aromatic N) is 1. The van der Waals surface area contributed by atoms with Crippen LogP contribution in [0.2, 0.25) is 0 Å². The number of rotatable bonds is 6. The molecule has 2 aliphatic rings. The lowest BCUT2D eigenvalue weighted by Gasteiger charge is -2.36. The Kier molecular flexibility index (Phi) is 7.39. The number of quaternary nitrogens is 2. The number of anilines is 1. The van der Waals surface area contributed by atoms with Gasteiger partial charge in [-0.2, -0.15) is 0 Å². The fourth-order valence-corrected chi connectivity index (χ4v) is 4.34. The number of carbonyl (C=O) groups excluding carboxylic acids is 2. The van der Waals surface area contributed by atoms with E-state index < -0.39 is 0 Å². The fraction of sp³-hybridized carbons (Fsp3) is 0.619. The maximum atomic E-state index is 12.9. The highest BCUT2D eigenvalue weighted by atomic mass is 19.1. The first kappa shape index (κ1) is 20.7. The van der Waals surface area contributed by atoms with Gasteiger partial charge in [0, 0.05) is 18.3 Å². The van der Waals surface area contributed by atoms with Gasteiger partial charge in [0.05, 0.1) is 0 Å². The molecule has 2 aliphatic heterocycles. The van der Waals surface area contributed by atoms with Crippen LogP contribution in [0.4, 0.5) is 10.1 Å². The summed E-state index contributed by atoms with van der Waals surface area (Å²) >= 11 is 0. The molecule has 2 fully saturated rings. The van der Waals surface area contributed by atoms with Crippen molar-refractivity contribution in [2.45, 2.75) is 38.6 Å². The van der Waals surface area contributed by atoms with Gasteiger partial charge in [-0.1, -0.05) is 6.92 Å². The van der Waals surface area contributed by atoms with Crippen molar-refractivity contribution < 1.29 is 23.8 Å². The van der Waals surface area contributed by atoms with Gasteiger partial charge in [-0.25, -0.2) is 4.39 Å². The molecule has 0 radical (unpaired) electrons. The Morgan fingerprint density at radius 1 is 1.07 bits per heavy atom. The van der Waals surface area contributed by atoms with Crippen molar-refractivity contribution >= 4 is 17.5 Å². The number of amides is 2. The average molecular weight is 393 g/mol. The highest BCUT2D eigenvalue weighted by Crippen LogP contribution is 2.19. The molecule has 2 amide bonds. The summed E-state index contributed by atoms with van der Waals surface area (Å²) in [6.45, 7) is 7.65. The number of piperazine rings is 1. The van der Waals surface area contributed by atoms with Gasteiger partial charge in [-0.15, -0.1) is 0 Å². The molecule has 0 spiro atoms. The van der Waals surface area contributed by atoms with Crippen molar-refractivity contribution in [2.75, 3.05) is 51.1 Å². The minimum atomic E-state index is -0.313. The summed E-state index contributed by atoms with van der Waals surface area (Å²) in [6.07, 6.45) is 4.54. The zero-order valence-electron chi connectivity index (χ0n) is 16.8. The second kappa shape index (κ2) is 9.98. The minimum Gasteiger partial charge on any atom is -0.335 e. The van der Waals surface area contributed by atoms with Crippen LogP contribution in [0.15, 0.2) is 24.3 Å². The predicted molar refractivity (Wildman–Crippen MR) is 106 cm³/mol. The molecule has 0 saturated carbocycles. The molecule has 6 nitrogen and oxygen atoms in total. The monoisotopic (exact) mass is 392 g/mol. The number of benzene rings is 1. The maximum Gasteiger partial charge on any atom is 0.279 e. The van der Waals surface area contributed by atoms with Crippen LogP contribution >= 0.6 is 0 Å². The van der Waals surface area contributed by atoms with Crippen molar-refractivity contribution in [3.05, 3.63) is 30.1 Å². The van der Waals surface area contributed by atoms with E-state index in [2.05, 4.69) is 17.1 Å². The van der Waals surface area contributed by atoms with E-state index in [9.17, 15) is 14.0 Å². The molecule has 1 atom stereocenters. The van der Waals surface area contributed by atoms with Crippen molar-refractivity contribution in [2.24, 2.45) is 0 Å². The van der Waals surface area contributed by atoms with Crippen LogP contribution in [0, 0.1) is 5.82 Å². The van der Waals surface area contributed by atoms with E-state index in [-0.39, 0.29) is 11.7 Å². The molecule has 0 aliphatic carbocycles. The molecule has 3 N–H and O–H groups in total. The highest BCUT2D eigenvalue weighted by Gasteiger charge is 2.31. The molecule has 28 heavy (non-hydrogen) atoms. The largest absolute Gasteiger partial charge is 0.335 e. The zero-order chi connectivity index (χ0) is 19.9. The van der Waals surface area contributed by atoms with Crippen LogP contribution in [-0.4, -0.2) is 68.6 Å². The molecule has 2 saturated heterocycles. The van der Waals surface area contributed by atoms with Crippen molar-refractivity contribution in [1.29, 1.82) is 0 Å². The third-order valence-electron chi connectivity index (χ3n) is 6.02. The summed E-state index contributed by atoms with van der Waals surface area (Å²) < 4.78 is 12.9. The fourth-order valence-electron chi connectivity index (χ4n) is 4.34. The van der Waals surface area contributed by atoms with Crippen LogP contribution in [0.3, 0.4) is 0 Å². The van der Waals surface area contributed by atoms with E-state index in [1.165, 1.54) is 28.4 Å². The summed E-state index contributed by atoms with van der Waals surface area (Å²) in [5, 5.41) is 2.82. The molecule has 0 bridgehead atoms. The third kappa shape index (κ3) is 5.75. The first-order chi connectivity index (χ1) is 13.5. The average Bonchev–Trinajstić information content (AvgIpc) is 2.71. The zero-order valence-corrected chi connectivity index (χ0v) is 16.8. The molecule has 7 heteroatoms. The molecule has 154 valence electrons. The van der Waals surface area contributed by atoms with E-state index in [0.717, 1.165) is 52.0 Å². The number of hydrogen-bond acceptors (Lipinski definition) is 2. The van der Waals surface area contributed by atoms with Gasteiger partial charge in [0.2, 0.25) is 0 Å². The van der Waals surface area contributed by atoms with Crippen LogP contribution in [0.1, 0.15) is 32.6 Å². The van der Waals surface area contributed by atoms with Gasteiger partial charge >= 0.3 is 0 Å². The minimum absolute atomic E-state index is 0.0553. The third-order valence-corrected chi connectivity index (χ3v) is 6.02. The lowest BCUT2D eigenvalue weighted by atomic mass is 10.00. The van der Waals surface area contributed by atoms with Crippen LogP contribution in [0.25, 0.3) is 0 Å². The lowest BCUT2D eigenvalue weighted by Crippen LogP contribution is -3.28. The Morgan fingerprint density at radius 3 is 2.36 bits per heavy atom.